The van der Waals surface area contributed by atoms with Crippen LogP contribution in [-0.2, 0) is 11.2 Å². The maximum Gasteiger partial charge on any atom is 0.251 e. The summed E-state index contributed by atoms with van der Waals surface area (Å²) in [6.45, 7) is 1.56. The summed E-state index contributed by atoms with van der Waals surface area (Å²) < 4.78 is 26.3. The van der Waals surface area contributed by atoms with Gasteiger partial charge >= 0.3 is 0 Å². The van der Waals surface area contributed by atoms with Crippen molar-refractivity contribution in [1.82, 2.24) is 10.3 Å². The van der Waals surface area contributed by atoms with Crippen LogP contribution in [-0.4, -0.2) is 23.3 Å². The molecule has 0 spiro atoms. The fourth-order valence-electron chi connectivity index (χ4n) is 2.59. The highest BCUT2D eigenvalue weighted by Gasteiger charge is 2.13. The monoisotopic (exact) mass is 435 g/mol. The average molecular weight is 436 g/mol. The molecule has 2 amide bonds. The number of nitrogens with one attached hydrogen (secondary N) is 2. The van der Waals surface area contributed by atoms with Crippen LogP contribution in [0.3, 0.4) is 0 Å². The van der Waals surface area contributed by atoms with Crippen LogP contribution in [0.1, 0.15) is 26.4 Å². The third-order valence-electron chi connectivity index (χ3n) is 3.97. The Morgan fingerprint density at radius 2 is 1.90 bits per heavy atom. The van der Waals surface area contributed by atoms with Gasteiger partial charge in [-0.3, -0.25) is 9.59 Å². The summed E-state index contributed by atoms with van der Waals surface area (Å²) in [4.78, 5) is 29.0. The van der Waals surface area contributed by atoms with Crippen molar-refractivity contribution in [1.29, 1.82) is 0 Å². The highest BCUT2D eigenvalue weighted by Crippen LogP contribution is 2.26. The zero-order valence-corrected chi connectivity index (χ0v) is 16.8. The molecule has 2 aromatic carbocycles. The molecule has 0 fully saturated rings. The molecule has 0 aliphatic carbocycles. The van der Waals surface area contributed by atoms with E-state index < -0.39 is 23.4 Å². The summed E-state index contributed by atoms with van der Waals surface area (Å²) in [7, 11) is 0. The Morgan fingerprint density at radius 1 is 1.17 bits per heavy atom. The number of aromatic nitrogens is 1. The van der Waals surface area contributed by atoms with Gasteiger partial charge in [-0.2, -0.15) is 0 Å². The zero-order valence-electron chi connectivity index (χ0n) is 15.3. The smallest absolute Gasteiger partial charge is 0.251 e. The molecule has 0 aliphatic heterocycles. The van der Waals surface area contributed by atoms with E-state index in [0.29, 0.717) is 22.6 Å². The summed E-state index contributed by atoms with van der Waals surface area (Å²) >= 11 is 7.59. The van der Waals surface area contributed by atoms with Crippen molar-refractivity contribution in [3.8, 4) is 0 Å². The SMILES string of the molecule is Cc1cccc(Cc2cnc(NC(=O)CNC(=O)c3cc(F)cc(F)c3)s2)c1Cl. The van der Waals surface area contributed by atoms with Gasteiger partial charge in [-0.05, 0) is 30.2 Å². The molecule has 2 N–H and O–H groups in total. The molecule has 0 atom stereocenters. The molecule has 0 saturated carbocycles. The van der Waals surface area contributed by atoms with E-state index in [1.165, 1.54) is 11.3 Å². The second-order valence-electron chi connectivity index (χ2n) is 6.25. The number of hydrogen-bond donors (Lipinski definition) is 2. The van der Waals surface area contributed by atoms with Crippen LogP contribution in [0.15, 0.2) is 42.6 Å². The third-order valence-corrected chi connectivity index (χ3v) is 5.42. The van der Waals surface area contributed by atoms with Crippen LogP contribution in [0.2, 0.25) is 5.02 Å². The number of halogens is 3. The zero-order chi connectivity index (χ0) is 21.0. The van der Waals surface area contributed by atoms with Crippen LogP contribution in [0.5, 0.6) is 0 Å². The Balaban J connectivity index is 1.55. The van der Waals surface area contributed by atoms with Crippen molar-refractivity contribution in [2.24, 2.45) is 0 Å². The highest BCUT2D eigenvalue weighted by molar-refractivity contribution is 7.15. The molecule has 0 unspecified atom stereocenters. The summed E-state index contributed by atoms with van der Waals surface area (Å²) in [5, 5.41) is 5.96. The number of rotatable bonds is 6. The Labute approximate surface area is 174 Å². The molecule has 150 valence electrons. The van der Waals surface area contributed by atoms with E-state index in [0.717, 1.165) is 28.1 Å². The maximum atomic E-state index is 13.2. The van der Waals surface area contributed by atoms with Crippen molar-refractivity contribution < 1.29 is 18.4 Å². The van der Waals surface area contributed by atoms with E-state index in [9.17, 15) is 18.4 Å². The van der Waals surface area contributed by atoms with Crippen LogP contribution in [0.4, 0.5) is 13.9 Å². The number of anilines is 1. The van der Waals surface area contributed by atoms with Crippen molar-refractivity contribution >= 4 is 39.9 Å². The summed E-state index contributed by atoms with van der Waals surface area (Å²) in [5.74, 6) is -3.01. The lowest BCUT2D eigenvalue weighted by molar-refractivity contribution is -0.115. The van der Waals surface area contributed by atoms with E-state index in [1.54, 1.807) is 6.20 Å². The van der Waals surface area contributed by atoms with Crippen LogP contribution >= 0.6 is 22.9 Å². The first-order valence-electron chi connectivity index (χ1n) is 8.54. The Hall–Kier alpha value is -2.84. The quantitative estimate of drug-likeness (QED) is 0.605. The number of thiazole rings is 1. The molecule has 0 radical (unpaired) electrons. The standard InChI is InChI=1S/C20H16ClF2N3O2S/c1-11-3-2-4-12(18(11)21)7-16-9-25-20(29-16)26-17(27)10-24-19(28)13-5-14(22)8-15(23)6-13/h2-6,8-9H,7,10H2,1H3,(H,24,28)(H,25,26,27). The van der Waals surface area contributed by atoms with E-state index in [4.69, 9.17) is 11.6 Å². The molecule has 1 aromatic heterocycles. The number of hydrogen-bond acceptors (Lipinski definition) is 4. The van der Waals surface area contributed by atoms with Crippen molar-refractivity contribution in [3.05, 3.63) is 80.8 Å². The van der Waals surface area contributed by atoms with Gasteiger partial charge < -0.3 is 10.6 Å². The van der Waals surface area contributed by atoms with Gasteiger partial charge in [0.25, 0.3) is 5.91 Å². The minimum atomic E-state index is -0.872. The van der Waals surface area contributed by atoms with Crippen LogP contribution in [0.25, 0.3) is 0 Å². The molecule has 9 heteroatoms. The number of aryl methyl sites for hydroxylation is 1. The van der Waals surface area contributed by atoms with Crippen molar-refractivity contribution in [3.63, 3.8) is 0 Å². The Morgan fingerprint density at radius 3 is 2.62 bits per heavy atom. The van der Waals surface area contributed by atoms with E-state index in [1.807, 2.05) is 25.1 Å². The molecule has 29 heavy (non-hydrogen) atoms. The second kappa shape index (κ2) is 9.11. The van der Waals surface area contributed by atoms with Crippen molar-refractivity contribution in [2.45, 2.75) is 13.3 Å². The first-order valence-corrected chi connectivity index (χ1v) is 9.74. The van der Waals surface area contributed by atoms with Gasteiger partial charge in [0.05, 0.1) is 6.54 Å². The summed E-state index contributed by atoms with van der Waals surface area (Å²) in [6.07, 6.45) is 2.23. The number of benzene rings is 2. The minimum Gasteiger partial charge on any atom is -0.343 e. The fraction of sp³-hybridized carbons (Fsp3) is 0.150. The van der Waals surface area contributed by atoms with Gasteiger partial charge in [0.2, 0.25) is 5.91 Å². The molecule has 3 rings (SSSR count). The van der Waals surface area contributed by atoms with E-state index >= 15 is 0 Å². The number of carbonyl (C=O) groups is 2. The molecule has 0 bridgehead atoms. The van der Waals surface area contributed by atoms with Gasteiger partial charge in [-0.15, -0.1) is 11.3 Å². The minimum absolute atomic E-state index is 0.207. The Kier molecular flexibility index (Phi) is 6.56. The highest BCUT2D eigenvalue weighted by atomic mass is 35.5. The van der Waals surface area contributed by atoms with E-state index in [2.05, 4.69) is 15.6 Å². The summed E-state index contributed by atoms with van der Waals surface area (Å²) in [5.41, 5.74) is 1.74. The van der Waals surface area contributed by atoms with Gasteiger partial charge in [0.1, 0.15) is 11.6 Å². The molecule has 3 aromatic rings. The second-order valence-corrected chi connectivity index (χ2v) is 7.74. The largest absolute Gasteiger partial charge is 0.343 e. The molecule has 5 nitrogen and oxygen atoms in total. The number of amides is 2. The lowest BCUT2D eigenvalue weighted by Gasteiger charge is -2.06. The molecule has 1 heterocycles. The molecular formula is C20H16ClF2N3O2S. The lowest BCUT2D eigenvalue weighted by atomic mass is 10.1. The predicted molar refractivity (Wildman–Crippen MR) is 108 cm³/mol. The maximum absolute atomic E-state index is 13.2. The molecule has 0 aliphatic rings. The first-order chi connectivity index (χ1) is 13.8. The van der Waals surface area contributed by atoms with E-state index in [-0.39, 0.29) is 12.1 Å². The average Bonchev–Trinajstić information content (AvgIpc) is 3.09. The summed E-state index contributed by atoms with van der Waals surface area (Å²) in [6, 6.07) is 8.22. The molecular weight excluding hydrogens is 420 g/mol. The van der Waals surface area contributed by atoms with Gasteiger partial charge in [-0.1, -0.05) is 29.8 Å². The van der Waals surface area contributed by atoms with Gasteiger partial charge in [-0.25, -0.2) is 13.8 Å². The lowest BCUT2D eigenvalue weighted by Crippen LogP contribution is -2.32. The van der Waals surface area contributed by atoms with Crippen molar-refractivity contribution in [2.75, 3.05) is 11.9 Å². The Bertz CT molecular complexity index is 1050. The van der Waals surface area contributed by atoms with Crippen LogP contribution in [0, 0.1) is 18.6 Å². The normalized spacial score (nSPS) is 10.6. The topological polar surface area (TPSA) is 71.1 Å². The fourth-order valence-corrected chi connectivity index (χ4v) is 3.63. The molecule has 0 saturated heterocycles. The van der Waals surface area contributed by atoms with Gasteiger partial charge in [0.15, 0.2) is 5.13 Å². The first kappa shape index (κ1) is 20.9. The predicted octanol–water partition coefficient (Wildman–Crippen LogP) is 4.34. The van der Waals surface area contributed by atoms with Crippen LogP contribution < -0.4 is 10.6 Å². The number of nitrogens with zero attached hydrogens (tertiary/aromatic N) is 1. The number of carbonyl (C=O) groups excluding carboxylic acids is 2. The third kappa shape index (κ3) is 5.58. The van der Waals surface area contributed by atoms with Gasteiger partial charge in [0, 0.05) is 34.1 Å².